The maximum atomic E-state index is 11.1. The summed E-state index contributed by atoms with van der Waals surface area (Å²) in [5, 5.41) is 9.09. The van der Waals surface area contributed by atoms with Crippen LogP contribution in [0.3, 0.4) is 0 Å². The van der Waals surface area contributed by atoms with Crippen molar-refractivity contribution in [2.24, 2.45) is 0 Å². The van der Waals surface area contributed by atoms with E-state index < -0.39 is 5.97 Å². The molecule has 0 saturated heterocycles. The number of benzene rings is 1. The summed E-state index contributed by atoms with van der Waals surface area (Å²) in [4.78, 5) is 15.8. The first kappa shape index (κ1) is 17.2. The lowest BCUT2D eigenvalue weighted by molar-refractivity contribution is -0.136. The Morgan fingerprint density at radius 3 is 2.44 bits per heavy atom. The second-order valence-corrected chi connectivity index (χ2v) is 7.56. The van der Waals surface area contributed by atoms with E-state index in [1.165, 1.54) is 5.56 Å². The number of hydrogen-bond acceptors (Lipinski definition) is 2. The van der Waals surface area contributed by atoms with Gasteiger partial charge in [-0.25, -0.2) is 4.98 Å². The molecule has 0 bridgehead atoms. The molecule has 0 amide bonds. The van der Waals surface area contributed by atoms with E-state index in [0.717, 1.165) is 28.2 Å². The highest BCUT2D eigenvalue weighted by Crippen LogP contribution is 2.29. The lowest BCUT2D eigenvalue weighted by Crippen LogP contribution is -2.10. The molecule has 0 spiro atoms. The maximum absolute atomic E-state index is 11.1. The van der Waals surface area contributed by atoms with Gasteiger partial charge in [-0.2, -0.15) is 0 Å². The topological polar surface area (TPSA) is 54.6 Å². The molecule has 3 aromatic rings. The number of hydrogen-bond donors (Lipinski definition) is 1. The first-order chi connectivity index (χ1) is 11.8. The summed E-state index contributed by atoms with van der Waals surface area (Å²) in [5.74, 6) is -0.795. The molecule has 4 heteroatoms. The van der Waals surface area contributed by atoms with Gasteiger partial charge in [-0.3, -0.25) is 4.79 Å². The van der Waals surface area contributed by atoms with E-state index in [-0.39, 0.29) is 11.8 Å². The van der Waals surface area contributed by atoms with Crippen molar-refractivity contribution in [3.63, 3.8) is 0 Å². The third kappa shape index (κ3) is 3.58. The fraction of sp³-hybridized carbons (Fsp3) is 0.333. The smallest absolute Gasteiger partial charge is 0.303 e. The predicted octanol–water partition coefficient (Wildman–Crippen LogP) is 4.62. The number of fused-ring (bicyclic) bond motifs is 1. The third-order valence-electron chi connectivity index (χ3n) is 4.48. The van der Waals surface area contributed by atoms with E-state index in [1.807, 2.05) is 29.7 Å². The van der Waals surface area contributed by atoms with Gasteiger partial charge >= 0.3 is 5.97 Å². The first-order valence-electron chi connectivity index (χ1n) is 8.56. The molecular weight excluding hydrogens is 312 g/mol. The molecule has 4 nitrogen and oxygen atoms in total. The van der Waals surface area contributed by atoms with Crippen LogP contribution < -0.4 is 0 Å². The van der Waals surface area contributed by atoms with Gasteiger partial charge in [-0.1, -0.05) is 45.0 Å². The number of carboxylic acid groups (broad SMARTS) is 1. The van der Waals surface area contributed by atoms with Gasteiger partial charge in [0.05, 0.1) is 17.8 Å². The second-order valence-electron chi connectivity index (χ2n) is 7.56. The van der Waals surface area contributed by atoms with Crippen LogP contribution in [0.1, 0.15) is 44.0 Å². The van der Waals surface area contributed by atoms with Crippen LogP contribution in [0.2, 0.25) is 0 Å². The van der Waals surface area contributed by atoms with Gasteiger partial charge in [-0.15, -0.1) is 0 Å². The van der Waals surface area contributed by atoms with Crippen LogP contribution >= 0.6 is 0 Å². The molecule has 1 N–H and O–H groups in total. The molecule has 0 saturated carbocycles. The molecule has 2 heterocycles. The number of aromatic nitrogens is 2. The van der Waals surface area contributed by atoms with Crippen molar-refractivity contribution in [1.82, 2.24) is 9.38 Å². The maximum Gasteiger partial charge on any atom is 0.303 e. The average molecular weight is 336 g/mol. The van der Waals surface area contributed by atoms with Crippen molar-refractivity contribution in [1.29, 1.82) is 0 Å². The third-order valence-corrected chi connectivity index (χ3v) is 4.48. The Morgan fingerprint density at radius 1 is 1.16 bits per heavy atom. The van der Waals surface area contributed by atoms with Crippen LogP contribution in [0.15, 0.2) is 42.6 Å². The molecule has 0 aliphatic rings. The number of imidazole rings is 1. The number of carbonyl (C=O) groups is 1. The minimum absolute atomic E-state index is 0.0920. The van der Waals surface area contributed by atoms with Gasteiger partial charge < -0.3 is 9.51 Å². The molecule has 0 unspecified atom stereocenters. The highest BCUT2D eigenvalue weighted by molar-refractivity contribution is 5.70. The van der Waals surface area contributed by atoms with Crippen molar-refractivity contribution >= 4 is 11.6 Å². The van der Waals surface area contributed by atoms with Crippen LogP contribution in [0.4, 0.5) is 0 Å². The molecule has 25 heavy (non-hydrogen) atoms. The second kappa shape index (κ2) is 6.36. The van der Waals surface area contributed by atoms with Gasteiger partial charge in [0, 0.05) is 18.2 Å². The Labute approximate surface area is 148 Å². The number of rotatable bonds is 4. The van der Waals surface area contributed by atoms with Crippen LogP contribution in [0.5, 0.6) is 0 Å². The summed E-state index contributed by atoms with van der Waals surface area (Å²) in [7, 11) is 0. The van der Waals surface area contributed by atoms with E-state index in [2.05, 4.69) is 45.0 Å². The number of nitrogens with zero attached hydrogens (tertiary/aromatic N) is 2. The quantitative estimate of drug-likeness (QED) is 0.756. The van der Waals surface area contributed by atoms with Gasteiger partial charge in [0.15, 0.2) is 0 Å². The molecule has 0 atom stereocenters. The molecule has 0 aliphatic heterocycles. The van der Waals surface area contributed by atoms with E-state index in [1.54, 1.807) is 0 Å². The lowest BCUT2D eigenvalue weighted by Gasteiger charge is -2.19. The van der Waals surface area contributed by atoms with E-state index in [4.69, 9.17) is 10.1 Å². The summed E-state index contributed by atoms with van der Waals surface area (Å²) >= 11 is 0. The monoisotopic (exact) mass is 336 g/mol. The van der Waals surface area contributed by atoms with Crippen molar-refractivity contribution in [3.05, 3.63) is 59.4 Å². The molecule has 0 aliphatic carbocycles. The fourth-order valence-electron chi connectivity index (χ4n) is 3.02. The van der Waals surface area contributed by atoms with E-state index in [0.29, 0.717) is 6.42 Å². The minimum Gasteiger partial charge on any atom is -0.481 e. The Morgan fingerprint density at radius 2 is 1.84 bits per heavy atom. The fourth-order valence-corrected chi connectivity index (χ4v) is 3.02. The zero-order chi connectivity index (χ0) is 18.2. The van der Waals surface area contributed by atoms with Crippen molar-refractivity contribution in [2.45, 2.75) is 46.0 Å². The summed E-state index contributed by atoms with van der Waals surface area (Å²) in [6.45, 7) is 8.60. The van der Waals surface area contributed by atoms with Gasteiger partial charge in [-0.05, 0) is 35.6 Å². The highest BCUT2D eigenvalue weighted by Gasteiger charge is 2.17. The zero-order valence-electron chi connectivity index (χ0n) is 15.2. The number of aliphatic carboxylic acids is 1. The van der Waals surface area contributed by atoms with E-state index in [9.17, 15) is 4.79 Å². The van der Waals surface area contributed by atoms with Gasteiger partial charge in [0.2, 0.25) is 0 Å². The van der Waals surface area contributed by atoms with Crippen molar-refractivity contribution < 1.29 is 9.90 Å². The first-order valence-corrected chi connectivity index (χ1v) is 8.56. The van der Waals surface area contributed by atoms with Gasteiger partial charge in [0.1, 0.15) is 5.65 Å². The summed E-state index contributed by atoms with van der Waals surface area (Å²) in [5.41, 5.74) is 6.19. The number of pyridine rings is 1. The van der Waals surface area contributed by atoms with Crippen LogP contribution in [0, 0.1) is 6.92 Å². The largest absolute Gasteiger partial charge is 0.481 e. The average Bonchev–Trinajstić information content (AvgIpc) is 2.89. The molecule has 3 rings (SSSR count). The normalized spacial score (nSPS) is 11.8. The van der Waals surface area contributed by atoms with Crippen LogP contribution in [-0.2, 0) is 16.6 Å². The lowest BCUT2D eigenvalue weighted by atomic mass is 9.86. The van der Waals surface area contributed by atoms with Crippen LogP contribution in [0.25, 0.3) is 16.9 Å². The molecule has 1 aromatic carbocycles. The number of aryl methyl sites for hydroxylation is 2. The Kier molecular flexibility index (Phi) is 4.38. The Hall–Kier alpha value is -2.62. The van der Waals surface area contributed by atoms with Gasteiger partial charge in [0.25, 0.3) is 0 Å². The predicted molar refractivity (Wildman–Crippen MR) is 100 cm³/mol. The number of carboxylic acids is 1. The molecular formula is C21H24N2O2. The summed E-state index contributed by atoms with van der Waals surface area (Å²) in [6, 6.07) is 12.5. The minimum atomic E-state index is -0.795. The summed E-state index contributed by atoms with van der Waals surface area (Å²) in [6.07, 6.45) is 2.52. The van der Waals surface area contributed by atoms with Crippen molar-refractivity contribution in [3.8, 4) is 11.3 Å². The van der Waals surface area contributed by atoms with Crippen molar-refractivity contribution in [2.75, 3.05) is 0 Å². The SMILES string of the molecule is Cc1ccn2c(CCC(=O)O)c(-c3ccc(C(C)(C)C)cc3)nc2c1. The van der Waals surface area contributed by atoms with E-state index >= 15 is 0 Å². The molecule has 0 radical (unpaired) electrons. The summed E-state index contributed by atoms with van der Waals surface area (Å²) < 4.78 is 2.00. The molecule has 0 fully saturated rings. The van der Waals surface area contributed by atoms with Crippen LogP contribution in [-0.4, -0.2) is 20.5 Å². The molecule has 2 aromatic heterocycles. The Bertz CT molecular complexity index is 915. The standard InChI is InChI=1S/C21H24N2O2/c1-14-11-12-23-17(9-10-19(24)25)20(22-18(23)13-14)15-5-7-16(8-6-15)21(2,3)4/h5-8,11-13H,9-10H2,1-4H3,(H,24,25). The zero-order valence-corrected chi connectivity index (χ0v) is 15.2. The Balaban J connectivity index is 2.10. The highest BCUT2D eigenvalue weighted by atomic mass is 16.4. The molecule has 130 valence electrons.